The Hall–Kier alpha value is -2.87. The maximum Gasteiger partial charge on any atom is 0.338 e. The van der Waals surface area contributed by atoms with Gasteiger partial charge in [0.15, 0.2) is 6.61 Å². The summed E-state index contributed by atoms with van der Waals surface area (Å²) >= 11 is 1.62. The van der Waals surface area contributed by atoms with Crippen molar-refractivity contribution >= 4 is 29.3 Å². The van der Waals surface area contributed by atoms with Crippen molar-refractivity contribution in [3.05, 3.63) is 69.8 Å². The van der Waals surface area contributed by atoms with Gasteiger partial charge in [-0.3, -0.25) is 14.9 Å². The Balaban J connectivity index is 1.66. The second kappa shape index (κ2) is 9.57. The molecule has 0 bridgehead atoms. The summed E-state index contributed by atoms with van der Waals surface area (Å²) in [6.45, 7) is 2.07. The predicted molar refractivity (Wildman–Crippen MR) is 98.3 cm³/mol. The van der Waals surface area contributed by atoms with Gasteiger partial charge in [0.05, 0.1) is 10.5 Å². The maximum atomic E-state index is 11.8. The van der Waals surface area contributed by atoms with E-state index in [1.807, 2.05) is 31.2 Å². The van der Waals surface area contributed by atoms with Crippen LogP contribution in [0.3, 0.4) is 0 Å². The highest BCUT2D eigenvalue weighted by atomic mass is 32.2. The third-order valence-electron chi connectivity index (χ3n) is 3.36. The highest BCUT2D eigenvalue weighted by molar-refractivity contribution is 7.99. The highest BCUT2D eigenvalue weighted by Gasteiger charge is 2.12. The van der Waals surface area contributed by atoms with E-state index in [9.17, 15) is 19.7 Å². The normalized spacial score (nSPS) is 10.2. The monoisotopic (exact) mass is 374 g/mol. The van der Waals surface area contributed by atoms with Crippen LogP contribution in [0.2, 0.25) is 0 Å². The van der Waals surface area contributed by atoms with E-state index in [1.165, 1.54) is 29.8 Å². The molecule has 0 aliphatic carbocycles. The van der Waals surface area contributed by atoms with Crippen molar-refractivity contribution in [1.82, 2.24) is 5.32 Å². The molecule has 0 atom stereocenters. The summed E-state index contributed by atoms with van der Waals surface area (Å²) in [5, 5.41) is 13.2. The third-order valence-corrected chi connectivity index (χ3v) is 4.38. The van der Waals surface area contributed by atoms with Gasteiger partial charge >= 0.3 is 5.97 Å². The number of carbonyl (C=O) groups is 2. The van der Waals surface area contributed by atoms with E-state index in [0.29, 0.717) is 12.3 Å². The SMILES string of the molecule is Cc1ccc(SCCNC(=O)COC(=O)c2ccc([N+](=O)[O-])cc2)cc1. The molecule has 0 spiro atoms. The van der Waals surface area contributed by atoms with Crippen molar-refractivity contribution in [2.24, 2.45) is 0 Å². The van der Waals surface area contributed by atoms with E-state index in [1.54, 1.807) is 11.8 Å². The topological polar surface area (TPSA) is 98.5 Å². The summed E-state index contributed by atoms with van der Waals surface area (Å²) < 4.78 is 4.89. The van der Waals surface area contributed by atoms with Crippen LogP contribution in [0.5, 0.6) is 0 Å². The van der Waals surface area contributed by atoms with E-state index in [4.69, 9.17) is 4.74 Å². The molecule has 0 saturated carbocycles. The summed E-state index contributed by atoms with van der Waals surface area (Å²) in [5.41, 5.74) is 1.22. The average Bonchev–Trinajstić information content (AvgIpc) is 2.64. The average molecular weight is 374 g/mol. The van der Waals surface area contributed by atoms with Crippen molar-refractivity contribution in [3.63, 3.8) is 0 Å². The smallest absolute Gasteiger partial charge is 0.338 e. The number of thioether (sulfide) groups is 1. The van der Waals surface area contributed by atoms with Crippen molar-refractivity contribution < 1.29 is 19.2 Å². The number of nitro benzene ring substituents is 1. The molecule has 2 aromatic rings. The fourth-order valence-electron chi connectivity index (χ4n) is 1.98. The van der Waals surface area contributed by atoms with Crippen LogP contribution in [0.15, 0.2) is 53.4 Å². The van der Waals surface area contributed by atoms with Gasteiger partial charge in [0.1, 0.15) is 0 Å². The largest absolute Gasteiger partial charge is 0.452 e. The van der Waals surface area contributed by atoms with E-state index in [2.05, 4.69) is 5.32 Å². The molecule has 0 heterocycles. The van der Waals surface area contributed by atoms with Crippen LogP contribution >= 0.6 is 11.8 Å². The molecule has 0 saturated heterocycles. The number of carbonyl (C=O) groups excluding carboxylic acids is 2. The molecule has 2 aromatic carbocycles. The van der Waals surface area contributed by atoms with Crippen molar-refractivity contribution in [1.29, 1.82) is 0 Å². The van der Waals surface area contributed by atoms with Crippen molar-refractivity contribution in [2.45, 2.75) is 11.8 Å². The number of hydrogen-bond acceptors (Lipinski definition) is 6. The molecule has 1 amide bonds. The van der Waals surface area contributed by atoms with Crippen LogP contribution in [0.25, 0.3) is 0 Å². The Kier molecular flexibility index (Phi) is 7.16. The zero-order valence-corrected chi connectivity index (χ0v) is 15.0. The summed E-state index contributed by atoms with van der Waals surface area (Å²) in [5.74, 6) is -0.403. The highest BCUT2D eigenvalue weighted by Crippen LogP contribution is 2.17. The zero-order chi connectivity index (χ0) is 18.9. The predicted octanol–water partition coefficient (Wildman–Crippen LogP) is 2.97. The summed E-state index contributed by atoms with van der Waals surface area (Å²) in [4.78, 5) is 34.6. The first kappa shape index (κ1) is 19.5. The number of hydrogen-bond donors (Lipinski definition) is 1. The molecule has 2 rings (SSSR count). The fourth-order valence-corrected chi connectivity index (χ4v) is 2.75. The quantitative estimate of drug-likeness (QED) is 0.251. The van der Waals surface area contributed by atoms with Gasteiger partial charge in [0.2, 0.25) is 0 Å². The minimum absolute atomic E-state index is 0.120. The first-order chi connectivity index (χ1) is 12.5. The van der Waals surface area contributed by atoms with Crippen LogP contribution in [-0.2, 0) is 9.53 Å². The molecule has 0 radical (unpaired) electrons. The van der Waals surface area contributed by atoms with Crippen LogP contribution in [0, 0.1) is 17.0 Å². The number of nitro groups is 1. The molecule has 0 unspecified atom stereocenters. The van der Waals surface area contributed by atoms with Gasteiger partial charge in [-0.2, -0.15) is 0 Å². The van der Waals surface area contributed by atoms with E-state index in [-0.39, 0.29) is 11.3 Å². The van der Waals surface area contributed by atoms with Crippen molar-refractivity contribution in [3.8, 4) is 0 Å². The van der Waals surface area contributed by atoms with E-state index in [0.717, 1.165) is 4.90 Å². The standard InChI is InChI=1S/C18H18N2O5S/c1-13-2-8-16(9-3-13)26-11-10-19-17(21)12-25-18(22)14-4-6-15(7-5-14)20(23)24/h2-9H,10-12H2,1H3,(H,19,21). The van der Waals surface area contributed by atoms with Gasteiger partial charge < -0.3 is 10.1 Å². The summed E-state index contributed by atoms with van der Waals surface area (Å²) in [6, 6.07) is 13.1. The Morgan fingerprint density at radius 3 is 2.38 bits per heavy atom. The number of amides is 1. The first-order valence-corrected chi connectivity index (χ1v) is 8.82. The molecule has 1 N–H and O–H groups in total. The third kappa shape index (κ3) is 6.21. The summed E-state index contributed by atoms with van der Waals surface area (Å²) in [7, 11) is 0. The van der Waals surface area contributed by atoms with Gasteiger partial charge in [0, 0.05) is 29.3 Å². The second-order valence-electron chi connectivity index (χ2n) is 5.39. The molecule has 7 nitrogen and oxygen atoms in total. The Morgan fingerprint density at radius 2 is 1.77 bits per heavy atom. The molecule has 8 heteroatoms. The number of nitrogens with one attached hydrogen (secondary N) is 1. The molecular formula is C18H18N2O5S. The number of non-ortho nitro benzene ring substituents is 1. The van der Waals surface area contributed by atoms with Crippen LogP contribution in [0.1, 0.15) is 15.9 Å². The fraction of sp³-hybridized carbons (Fsp3) is 0.222. The van der Waals surface area contributed by atoms with Gasteiger partial charge in [-0.15, -0.1) is 11.8 Å². The van der Waals surface area contributed by atoms with Gasteiger partial charge in [-0.25, -0.2) is 4.79 Å². The second-order valence-corrected chi connectivity index (χ2v) is 6.56. The van der Waals surface area contributed by atoms with Crippen LogP contribution in [-0.4, -0.2) is 35.7 Å². The lowest BCUT2D eigenvalue weighted by Crippen LogP contribution is -2.30. The van der Waals surface area contributed by atoms with Crippen LogP contribution in [0.4, 0.5) is 5.69 Å². The minimum atomic E-state index is -0.705. The number of esters is 1. The number of ether oxygens (including phenoxy) is 1. The van der Waals surface area contributed by atoms with E-state index >= 15 is 0 Å². The first-order valence-electron chi connectivity index (χ1n) is 7.83. The lowest BCUT2D eigenvalue weighted by atomic mass is 10.2. The van der Waals surface area contributed by atoms with Gasteiger partial charge in [0.25, 0.3) is 11.6 Å². The molecule has 0 aliphatic rings. The molecule has 0 aliphatic heterocycles. The minimum Gasteiger partial charge on any atom is -0.452 e. The Morgan fingerprint density at radius 1 is 1.12 bits per heavy atom. The lowest BCUT2D eigenvalue weighted by molar-refractivity contribution is -0.384. The zero-order valence-electron chi connectivity index (χ0n) is 14.1. The number of aryl methyl sites for hydroxylation is 1. The van der Waals surface area contributed by atoms with Gasteiger partial charge in [-0.05, 0) is 31.2 Å². The summed E-state index contributed by atoms with van der Waals surface area (Å²) in [6.07, 6.45) is 0. The molecule has 0 fully saturated rings. The maximum absolute atomic E-state index is 11.8. The molecule has 136 valence electrons. The lowest BCUT2D eigenvalue weighted by Gasteiger charge is -2.07. The van der Waals surface area contributed by atoms with E-state index < -0.39 is 23.4 Å². The number of benzene rings is 2. The molecular weight excluding hydrogens is 356 g/mol. The van der Waals surface area contributed by atoms with Crippen molar-refractivity contribution in [2.75, 3.05) is 18.9 Å². The molecule has 0 aromatic heterocycles. The number of rotatable bonds is 8. The Bertz CT molecular complexity index is 775. The number of nitrogens with zero attached hydrogens (tertiary/aromatic N) is 1. The van der Waals surface area contributed by atoms with Crippen LogP contribution < -0.4 is 5.32 Å². The van der Waals surface area contributed by atoms with Gasteiger partial charge in [-0.1, -0.05) is 17.7 Å². The molecule has 26 heavy (non-hydrogen) atoms. The Labute approximate surface area is 154 Å².